The highest BCUT2D eigenvalue weighted by atomic mass is 16.6. The maximum absolute atomic E-state index is 11.7. The third kappa shape index (κ3) is 3.22. The number of hydrogen-bond acceptors (Lipinski definition) is 3. The normalized spacial score (nSPS) is 21.0. The average molecular weight is 227 g/mol. The van der Waals surface area contributed by atoms with Crippen LogP contribution in [-0.4, -0.2) is 28.5 Å². The number of β-lactam (4-membered cyclic amide) rings is 1. The molecular formula is C12H21NO3. The van der Waals surface area contributed by atoms with Crippen LogP contribution in [0.15, 0.2) is 0 Å². The van der Waals surface area contributed by atoms with Gasteiger partial charge in [0.1, 0.15) is 5.60 Å². The molecule has 1 rings (SSSR count). The zero-order valence-electron chi connectivity index (χ0n) is 10.7. The molecule has 4 nitrogen and oxygen atoms in total. The summed E-state index contributed by atoms with van der Waals surface area (Å²) in [6, 6.07) is 0.0300. The van der Waals surface area contributed by atoms with E-state index in [1.807, 2.05) is 0 Å². The second-order valence-electron chi connectivity index (χ2n) is 5.73. The number of rotatable bonds is 2. The van der Waals surface area contributed by atoms with Gasteiger partial charge in [0.05, 0.1) is 6.04 Å². The number of hydrogen-bond donors (Lipinski definition) is 0. The third-order valence-electron chi connectivity index (χ3n) is 2.38. The lowest BCUT2D eigenvalue weighted by Crippen LogP contribution is -2.57. The number of nitrogens with zero attached hydrogens (tertiary/aromatic N) is 1. The average Bonchev–Trinajstić information content (AvgIpc) is 1.97. The van der Waals surface area contributed by atoms with Crippen LogP contribution in [0.1, 0.15) is 47.5 Å². The summed E-state index contributed by atoms with van der Waals surface area (Å²) in [6.45, 7) is 9.55. The topological polar surface area (TPSA) is 46.6 Å². The van der Waals surface area contributed by atoms with Gasteiger partial charge in [0.25, 0.3) is 0 Å². The quantitative estimate of drug-likeness (QED) is 0.681. The number of likely N-dealkylation sites (tertiary alicyclic amines) is 1. The molecule has 1 fully saturated rings. The maximum atomic E-state index is 11.7. The molecule has 2 amide bonds. The van der Waals surface area contributed by atoms with Crippen molar-refractivity contribution in [1.29, 1.82) is 0 Å². The van der Waals surface area contributed by atoms with Gasteiger partial charge in [-0.1, -0.05) is 13.8 Å². The van der Waals surface area contributed by atoms with E-state index in [9.17, 15) is 9.59 Å². The van der Waals surface area contributed by atoms with Crippen LogP contribution < -0.4 is 0 Å². The zero-order valence-corrected chi connectivity index (χ0v) is 10.7. The fraction of sp³-hybridized carbons (Fsp3) is 0.833. The van der Waals surface area contributed by atoms with Crippen LogP contribution in [0.5, 0.6) is 0 Å². The van der Waals surface area contributed by atoms with Gasteiger partial charge in [-0.15, -0.1) is 0 Å². The van der Waals surface area contributed by atoms with E-state index in [1.165, 1.54) is 4.90 Å². The minimum absolute atomic E-state index is 0.0300. The smallest absolute Gasteiger partial charge is 0.417 e. The molecule has 1 heterocycles. The van der Waals surface area contributed by atoms with Crippen LogP contribution in [-0.2, 0) is 9.53 Å². The van der Waals surface area contributed by atoms with E-state index < -0.39 is 11.7 Å². The molecule has 16 heavy (non-hydrogen) atoms. The van der Waals surface area contributed by atoms with Crippen LogP contribution in [0.25, 0.3) is 0 Å². The lowest BCUT2D eigenvalue weighted by molar-refractivity contribution is -0.144. The Morgan fingerprint density at radius 1 is 1.50 bits per heavy atom. The highest BCUT2D eigenvalue weighted by Gasteiger charge is 2.42. The van der Waals surface area contributed by atoms with Crippen molar-refractivity contribution in [2.75, 3.05) is 0 Å². The van der Waals surface area contributed by atoms with E-state index in [0.29, 0.717) is 12.3 Å². The molecule has 1 saturated heterocycles. The first-order valence-electron chi connectivity index (χ1n) is 5.75. The third-order valence-corrected chi connectivity index (χ3v) is 2.38. The molecule has 4 heteroatoms. The molecule has 0 bridgehead atoms. The van der Waals surface area contributed by atoms with Gasteiger partial charge in [0.2, 0.25) is 5.91 Å². The highest BCUT2D eigenvalue weighted by Crippen LogP contribution is 2.27. The number of ether oxygens (including phenoxy) is 1. The fourth-order valence-electron chi connectivity index (χ4n) is 1.78. The largest absolute Gasteiger partial charge is 0.443 e. The summed E-state index contributed by atoms with van der Waals surface area (Å²) in [5.74, 6) is 0.350. The van der Waals surface area contributed by atoms with Crippen molar-refractivity contribution in [3.05, 3.63) is 0 Å². The second kappa shape index (κ2) is 4.44. The first-order valence-corrected chi connectivity index (χ1v) is 5.75. The minimum Gasteiger partial charge on any atom is -0.443 e. The van der Waals surface area contributed by atoms with Crippen molar-refractivity contribution in [2.24, 2.45) is 5.92 Å². The van der Waals surface area contributed by atoms with E-state index in [0.717, 1.165) is 6.42 Å². The maximum Gasteiger partial charge on any atom is 0.417 e. The summed E-state index contributed by atoms with van der Waals surface area (Å²) in [6.07, 6.45) is 0.817. The van der Waals surface area contributed by atoms with Crippen molar-refractivity contribution in [3.8, 4) is 0 Å². The summed E-state index contributed by atoms with van der Waals surface area (Å²) in [5, 5.41) is 0. The molecule has 0 saturated carbocycles. The number of carbonyl (C=O) groups excluding carboxylic acids is 2. The van der Waals surface area contributed by atoms with Crippen LogP contribution in [0.3, 0.4) is 0 Å². The molecule has 0 aliphatic carbocycles. The molecule has 0 aromatic carbocycles. The van der Waals surface area contributed by atoms with Crippen LogP contribution in [0.2, 0.25) is 0 Å². The molecule has 0 spiro atoms. The molecule has 0 aromatic heterocycles. The Bertz CT molecular complexity index is 291. The summed E-state index contributed by atoms with van der Waals surface area (Å²) in [5.41, 5.74) is -0.546. The van der Waals surface area contributed by atoms with E-state index in [2.05, 4.69) is 13.8 Å². The van der Waals surface area contributed by atoms with Gasteiger partial charge < -0.3 is 4.74 Å². The Labute approximate surface area is 96.9 Å². The van der Waals surface area contributed by atoms with Crippen molar-refractivity contribution >= 4 is 12.0 Å². The molecule has 0 N–H and O–H groups in total. The van der Waals surface area contributed by atoms with Crippen molar-refractivity contribution in [2.45, 2.75) is 59.1 Å². The van der Waals surface area contributed by atoms with Gasteiger partial charge in [0.15, 0.2) is 0 Å². The van der Waals surface area contributed by atoms with Gasteiger partial charge >= 0.3 is 6.09 Å². The number of imide groups is 1. The summed E-state index contributed by atoms with van der Waals surface area (Å²) in [7, 11) is 0. The van der Waals surface area contributed by atoms with Crippen LogP contribution in [0, 0.1) is 5.92 Å². The van der Waals surface area contributed by atoms with Gasteiger partial charge in [-0.2, -0.15) is 0 Å². The zero-order chi connectivity index (χ0) is 12.5. The number of carbonyl (C=O) groups is 2. The molecule has 0 radical (unpaired) electrons. The lowest BCUT2D eigenvalue weighted by atomic mass is 9.93. The molecule has 1 atom stereocenters. The number of amides is 2. The van der Waals surface area contributed by atoms with Crippen molar-refractivity contribution in [1.82, 2.24) is 4.90 Å². The summed E-state index contributed by atoms with van der Waals surface area (Å²) in [4.78, 5) is 24.4. The Kier molecular flexibility index (Phi) is 3.61. The predicted octanol–water partition coefficient (Wildman–Crippen LogP) is 2.57. The Morgan fingerprint density at radius 2 is 2.06 bits per heavy atom. The van der Waals surface area contributed by atoms with Crippen LogP contribution >= 0.6 is 0 Å². The van der Waals surface area contributed by atoms with Gasteiger partial charge in [-0.25, -0.2) is 9.69 Å². The molecule has 92 valence electrons. The van der Waals surface area contributed by atoms with E-state index in [4.69, 9.17) is 4.74 Å². The Balaban J connectivity index is 2.57. The fourth-order valence-corrected chi connectivity index (χ4v) is 1.78. The highest BCUT2D eigenvalue weighted by molar-refractivity contribution is 5.97. The molecule has 1 aliphatic rings. The first kappa shape index (κ1) is 13.0. The summed E-state index contributed by atoms with van der Waals surface area (Å²) < 4.78 is 5.19. The van der Waals surface area contributed by atoms with E-state index in [1.54, 1.807) is 20.8 Å². The second-order valence-corrected chi connectivity index (χ2v) is 5.73. The van der Waals surface area contributed by atoms with Crippen LogP contribution in [0.4, 0.5) is 4.79 Å². The Morgan fingerprint density at radius 3 is 2.44 bits per heavy atom. The Hall–Kier alpha value is -1.06. The van der Waals surface area contributed by atoms with Gasteiger partial charge in [-0.3, -0.25) is 4.79 Å². The van der Waals surface area contributed by atoms with E-state index in [-0.39, 0.29) is 11.9 Å². The molecule has 0 aromatic rings. The van der Waals surface area contributed by atoms with Crippen molar-refractivity contribution < 1.29 is 14.3 Å². The minimum atomic E-state index is -0.546. The monoisotopic (exact) mass is 227 g/mol. The van der Waals surface area contributed by atoms with Gasteiger partial charge in [-0.05, 0) is 33.1 Å². The van der Waals surface area contributed by atoms with Crippen molar-refractivity contribution in [3.63, 3.8) is 0 Å². The van der Waals surface area contributed by atoms with E-state index >= 15 is 0 Å². The standard InChI is InChI=1S/C12H21NO3/c1-8(2)6-9-7-10(14)13(9)11(15)16-12(3,4)5/h8-9H,6-7H2,1-5H3/t9-/m1/s1. The molecular weight excluding hydrogens is 206 g/mol. The first-order chi connectivity index (χ1) is 7.20. The SMILES string of the molecule is CC(C)C[C@@H]1CC(=O)N1C(=O)OC(C)(C)C. The molecule has 0 unspecified atom stereocenters. The molecule has 1 aliphatic heterocycles. The lowest BCUT2D eigenvalue weighted by Gasteiger charge is -2.39. The predicted molar refractivity (Wildman–Crippen MR) is 60.9 cm³/mol. The summed E-state index contributed by atoms with van der Waals surface area (Å²) >= 11 is 0. The van der Waals surface area contributed by atoms with Gasteiger partial charge in [0, 0.05) is 6.42 Å².